The van der Waals surface area contributed by atoms with Gasteiger partial charge in [0.05, 0.1) is 12.8 Å². The topological polar surface area (TPSA) is 92.9 Å². The highest BCUT2D eigenvalue weighted by molar-refractivity contribution is 5.81. The van der Waals surface area contributed by atoms with Crippen LogP contribution in [0.15, 0.2) is 40.9 Å². The molecule has 1 N–H and O–H groups in total. The van der Waals surface area contributed by atoms with Crippen LogP contribution in [0, 0.1) is 5.41 Å². The number of rotatable bonds is 7. The van der Waals surface area contributed by atoms with Gasteiger partial charge in [0.15, 0.2) is 11.7 Å². The average molecular weight is 358 g/mol. The molecule has 1 amide bonds. The van der Waals surface area contributed by atoms with E-state index in [-0.39, 0.29) is 25.5 Å². The van der Waals surface area contributed by atoms with Gasteiger partial charge in [0.25, 0.3) is 0 Å². The van der Waals surface area contributed by atoms with Crippen LogP contribution in [0.2, 0.25) is 0 Å². The van der Waals surface area contributed by atoms with Crippen molar-refractivity contribution in [1.29, 1.82) is 0 Å². The number of ether oxygens (including phenoxy) is 1. The molecule has 1 fully saturated rings. The predicted molar refractivity (Wildman–Crippen MR) is 93.4 cm³/mol. The van der Waals surface area contributed by atoms with Gasteiger partial charge in [0, 0.05) is 38.6 Å². The molecule has 0 spiro atoms. The number of hydrogen-bond acceptors (Lipinski definition) is 5. The SMILES string of the molecule is COCC1(C(=O)O)CCN(C(=O)CCc2ncc(-c3ccccc3)o2)C1. The predicted octanol–water partition coefficient (Wildman–Crippen LogP) is 2.22. The van der Waals surface area contributed by atoms with Crippen LogP contribution in [-0.4, -0.2) is 53.7 Å². The molecule has 1 aliphatic rings. The molecule has 26 heavy (non-hydrogen) atoms. The number of methoxy groups -OCH3 is 1. The molecule has 2 heterocycles. The van der Waals surface area contributed by atoms with Crippen LogP contribution in [0.4, 0.5) is 0 Å². The largest absolute Gasteiger partial charge is 0.481 e. The zero-order valence-corrected chi connectivity index (χ0v) is 14.7. The van der Waals surface area contributed by atoms with Gasteiger partial charge in [0.2, 0.25) is 5.91 Å². The molecule has 0 saturated carbocycles. The Bertz CT molecular complexity index is 773. The Balaban J connectivity index is 1.57. The summed E-state index contributed by atoms with van der Waals surface area (Å²) in [6.45, 7) is 0.706. The maximum atomic E-state index is 12.4. The summed E-state index contributed by atoms with van der Waals surface area (Å²) < 4.78 is 10.8. The van der Waals surface area contributed by atoms with Gasteiger partial charge < -0.3 is 19.2 Å². The number of amides is 1. The minimum atomic E-state index is -1.01. The number of carbonyl (C=O) groups is 2. The monoisotopic (exact) mass is 358 g/mol. The molecule has 1 atom stereocenters. The average Bonchev–Trinajstić information content (AvgIpc) is 3.29. The number of aliphatic carboxylic acids is 1. The molecule has 1 aliphatic heterocycles. The minimum absolute atomic E-state index is 0.0938. The molecule has 1 aromatic carbocycles. The third-order valence-electron chi connectivity index (χ3n) is 4.75. The first-order valence-corrected chi connectivity index (χ1v) is 8.54. The van der Waals surface area contributed by atoms with Gasteiger partial charge in [-0.3, -0.25) is 9.59 Å². The molecule has 1 unspecified atom stereocenters. The molecular formula is C19H22N2O5. The van der Waals surface area contributed by atoms with Crippen molar-refractivity contribution in [3.8, 4) is 11.3 Å². The summed E-state index contributed by atoms with van der Waals surface area (Å²) in [7, 11) is 1.47. The lowest BCUT2D eigenvalue weighted by molar-refractivity contribution is -0.151. The quantitative estimate of drug-likeness (QED) is 0.816. The van der Waals surface area contributed by atoms with E-state index in [4.69, 9.17) is 9.15 Å². The second kappa shape index (κ2) is 7.70. The number of oxazole rings is 1. The smallest absolute Gasteiger partial charge is 0.313 e. The third-order valence-corrected chi connectivity index (χ3v) is 4.75. The number of aromatic nitrogens is 1. The number of benzene rings is 1. The molecule has 1 saturated heterocycles. The fourth-order valence-corrected chi connectivity index (χ4v) is 3.25. The molecule has 3 rings (SSSR count). The van der Waals surface area contributed by atoms with Crippen LogP contribution in [0.25, 0.3) is 11.3 Å². The van der Waals surface area contributed by atoms with Crippen LogP contribution in [-0.2, 0) is 20.7 Å². The summed E-state index contributed by atoms with van der Waals surface area (Å²) in [5, 5.41) is 9.47. The molecule has 138 valence electrons. The van der Waals surface area contributed by atoms with Crippen LogP contribution in [0.3, 0.4) is 0 Å². The molecule has 7 heteroatoms. The Morgan fingerprint density at radius 3 is 2.81 bits per heavy atom. The van der Waals surface area contributed by atoms with E-state index < -0.39 is 11.4 Å². The molecule has 2 aromatic rings. The second-order valence-electron chi connectivity index (χ2n) is 6.57. The van der Waals surface area contributed by atoms with Gasteiger partial charge in [-0.05, 0) is 6.42 Å². The van der Waals surface area contributed by atoms with Crippen molar-refractivity contribution in [2.45, 2.75) is 19.3 Å². The standard InChI is InChI=1S/C19H22N2O5/c1-25-13-19(18(23)24)9-10-21(12-19)17(22)8-7-16-20-11-15(26-16)14-5-3-2-4-6-14/h2-6,11H,7-10,12-13H2,1H3,(H,23,24). The second-order valence-corrected chi connectivity index (χ2v) is 6.57. The van der Waals surface area contributed by atoms with Gasteiger partial charge in [-0.15, -0.1) is 0 Å². The zero-order chi connectivity index (χ0) is 18.6. The highest BCUT2D eigenvalue weighted by atomic mass is 16.5. The van der Waals surface area contributed by atoms with Crippen LogP contribution < -0.4 is 0 Å². The fourth-order valence-electron chi connectivity index (χ4n) is 3.25. The Kier molecular flexibility index (Phi) is 5.37. The van der Waals surface area contributed by atoms with Crippen LogP contribution >= 0.6 is 0 Å². The van der Waals surface area contributed by atoms with Crippen molar-refractivity contribution in [2.75, 3.05) is 26.8 Å². The highest BCUT2D eigenvalue weighted by Gasteiger charge is 2.46. The highest BCUT2D eigenvalue weighted by Crippen LogP contribution is 2.31. The zero-order valence-electron chi connectivity index (χ0n) is 14.7. The van der Waals surface area contributed by atoms with E-state index in [2.05, 4.69) is 4.98 Å². The maximum Gasteiger partial charge on any atom is 0.313 e. The van der Waals surface area contributed by atoms with Crippen LogP contribution in [0.5, 0.6) is 0 Å². The van der Waals surface area contributed by atoms with Gasteiger partial charge in [-0.1, -0.05) is 30.3 Å². The van der Waals surface area contributed by atoms with Crippen molar-refractivity contribution in [2.24, 2.45) is 5.41 Å². The van der Waals surface area contributed by atoms with Crippen molar-refractivity contribution in [1.82, 2.24) is 9.88 Å². The third kappa shape index (κ3) is 3.77. The van der Waals surface area contributed by atoms with Crippen LogP contribution in [0.1, 0.15) is 18.7 Å². The summed E-state index contributed by atoms with van der Waals surface area (Å²) >= 11 is 0. The fraction of sp³-hybridized carbons (Fsp3) is 0.421. The lowest BCUT2D eigenvalue weighted by atomic mass is 9.88. The number of nitrogens with zero attached hydrogens (tertiary/aromatic N) is 2. The maximum absolute atomic E-state index is 12.4. The van der Waals surface area contributed by atoms with E-state index in [1.165, 1.54) is 7.11 Å². The Labute approximate surface area is 151 Å². The van der Waals surface area contributed by atoms with E-state index >= 15 is 0 Å². The summed E-state index contributed by atoms with van der Waals surface area (Å²) in [5.41, 5.74) is -0.0729. The Hall–Kier alpha value is -2.67. The van der Waals surface area contributed by atoms with E-state index in [0.717, 1.165) is 5.56 Å². The number of carboxylic acids is 1. The molecular weight excluding hydrogens is 336 g/mol. The first-order valence-electron chi connectivity index (χ1n) is 8.54. The van der Waals surface area contributed by atoms with Gasteiger partial charge in [-0.25, -0.2) is 4.98 Å². The first-order chi connectivity index (χ1) is 12.5. The van der Waals surface area contributed by atoms with Crippen molar-refractivity contribution in [3.63, 3.8) is 0 Å². The molecule has 0 aliphatic carbocycles. The number of aryl methyl sites for hydroxylation is 1. The van der Waals surface area contributed by atoms with Crippen molar-refractivity contribution >= 4 is 11.9 Å². The number of carboxylic acid groups (broad SMARTS) is 1. The van der Waals surface area contributed by atoms with E-state index in [1.807, 2.05) is 30.3 Å². The van der Waals surface area contributed by atoms with Gasteiger partial charge in [-0.2, -0.15) is 0 Å². The summed E-state index contributed by atoms with van der Waals surface area (Å²) in [4.78, 5) is 29.8. The Morgan fingerprint density at radius 1 is 1.35 bits per heavy atom. The first kappa shape index (κ1) is 18.1. The Morgan fingerprint density at radius 2 is 2.12 bits per heavy atom. The van der Waals surface area contributed by atoms with Gasteiger partial charge in [0.1, 0.15) is 5.41 Å². The van der Waals surface area contributed by atoms with E-state index in [9.17, 15) is 14.7 Å². The summed E-state index contributed by atoms with van der Waals surface area (Å²) in [6.07, 6.45) is 2.67. The normalized spacial score (nSPS) is 19.7. The van der Waals surface area contributed by atoms with E-state index in [0.29, 0.717) is 31.0 Å². The number of hydrogen-bond donors (Lipinski definition) is 1. The minimum Gasteiger partial charge on any atom is -0.481 e. The molecule has 1 aromatic heterocycles. The van der Waals surface area contributed by atoms with Gasteiger partial charge >= 0.3 is 5.97 Å². The molecule has 0 radical (unpaired) electrons. The lowest BCUT2D eigenvalue weighted by Gasteiger charge is -2.23. The van der Waals surface area contributed by atoms with Crippen molar-refractivity contribution < 1.29 is 23.8 Å². The molecule has 7 nitrogen and oxygen atoms in total. The summed E-state index contributed by atoms with van der Waals surface area (Å²) in [5.74, 6) is 0.149. The molecule has 0 bridgehead atoms. The summed E-state index contributed by atoms with van der Waals surface area (Å²) in [6, 6.07) is 9.63. The van der Waals surface area contributed by atoms with E-state index in [1.54, 1.807) is 11.1 Å². The van der Waals surface area contributed by atoms with Crippen molar-refractivity contribution in [3.05, 3.63) is 42.4 Å². The lowest BCUT2D eigenvalue weighted by Crippen LogP contribution is -2.40. The number of carbonyl (C=O) groups excluding carboxylic acids is 1. The number of likely N-dealkylation sites (tertiary alicyclic amines) is 1.